The van der Waals surface area contributed by atoms with Crippen molar-refractivity contribution in [1.29, 1.82) is 0 Å². The van der Waals surface area contributed by atoms with E-state index in [0.29, 0.717) is 4.90 Å². The number of primary amides is 1. The van der Waals surface area contributed by atoms with Crippen LogP contribution in [0.5, 0.6) is 0 Å². The molecule has 2 rings (SSSR count). The maximum atomic E-state index is 12.4. The quantitative estimate of drug-likeness (QED) is 0.608. The number of fused-ring (bicyclic) bond motifs is 1. The monoisotopic (exact) mass is 310 g/mol. The van der Waals surface area contributed by atoms with Crippen LogP contribution in [0.15, 0.2) is 18.2 Å². The van der Waals surface area contributed by atoms with Gasteiger partial charge in [0.1, 0.15) is 0 Å². The van der Waals surface area contributed by atoms with Gasteiger partial charge in [-0.3, -0.25) is 24.1 Å². The molecule has 0 saturated carbocycles. The summed E-state index contributed by atoms with van der Waals surface area (Å²) in [5, 5.41) is 9.69. The smallest absolute Gasteiger partial charge is 0.324 e. The van der Waals surface area contributed by atoms with Gasteiger partial charge in [-0.1, -0.05) is 11.6 Å². The van der Waals surface area contributed by atoms with Crippen molar-refractivity contribution in [3.05, 3.63) is 34.3 Å². The van der Waals surface area contributed by atoms with Crippen molar-refractivity contribution in [1.82, 2.24) is 4.90 Å². The normalized spacial score (nSPS) is 21.1. The molecule has 0 aromatic heterocycles. The van der Waals surface area contributed by atoms with E-state index in [-0.39, 0.29) is 16.1 Å². The molecule has 7 nitrogen and oxygen atoms in total. The fourth-order valence-electron chi connectivity index (χ4n) is 2.44. The van der Waals surface area contributed by atoms with Crippen LogP contribution in [0.4, 0.5) is 0 Å². The Kier molecular flexibility index (Phi) is 3.46. The minimum absolute atomic E-state index is 0.00477. The molecule has 0 radical (unpaired) electrons. The highest BCUT2D eigenvalue weighted by Crippen LogP contribution is 2.38. The number of carboxylic acids is 1. The minimum atomic E-state index is -2.24. The van der Waals surface area contributed by atoms with Crippen molar-refractivity contribution in [3.8, 4) is 0 Å². The van der Waals surface area contributed by atoms with Gasteiger partial charge in [0.15, 0.2) is 5.41 Å². The summed E-state index contributed by atoms with van der Waals surface area (Å²) >= 11 is 5.83. The van der Waals surface area contributed by atoms with Crippen molar-refractivity contribution in [2.75, 3.05) is 7.05 Å². The number of carboxylic acid groups (broad SMARTS) is 1. The van der Waals surface area contributed by atoms with Crippen molar-refractivity contribution in [2.24, 2.45) is 5.73 Å². The van der Waals surface area contributed by atoms with Crippen molar-refractivity contribution in [2.45, 2.75) is 11.8 Å². The van der Waals surface area contributed by atoms with E-state index >= 15 is 0 Å². The predicted octanol–water partition coefficient (Wildman–Crippen LogP) is 0.150. The number of carbonyl (C=O) groups excluding carboxylic acids is 3. The summed E-state index contributed by atoms with van der Waals surface area (Å²) < 4.78 is 0. The average molecular weight is 311 g/mol. The average Bonchev–Trinajstić information content (AvgIpc) is 2.40. The fourth-order valence-corrected chi connectivity index (χ4v) is 2.62. The van der Waals surface area contributed by atoms with Crippen LogP contribution in [0, 0.1) is 0 Å². The van der Waals surface area contributed by atoms with Crippen LogP contribution >= 0.6 is 11.6 Å². The number of likely N-dealkylation sites (N-methyl/N-ethyl adjacent to an activating group) is 1. The van der Waals surface area contributed by atoms with Crippen LogP contribution in [-0.4, -0.2) is 40.7 Å². The first kappa shape index (κ1) is 15.0. The van der Waals surface area contributed by atoms with E-state index in [9.17, 15) is 24.3 Å². The highest BCUT2D eigenvalue weighted by Gasteiger charge is 2.56. The van der Waals surface area contributed by atoms with E-state index in [2.05, 4.69) is 0 Å². The Morgan fingerprint density at radius 2 is 2.00 bits per heavy atom. The molecule has 1 aliphatic heterocycles. The van der Waals surface area contributed by atoms with Gasteiger partial charge in [-0.15, -0.1) is 0 Å². The molecule has 3 amide bonds. The lowest BCUT2D eigenvalue weighted by molar-refractivity contribution is -0.155. The van der Waals surface area contributed by atoms with Gasteiger partial charge >= 0.3 is 5.97 Å². The Morgan fingerprint density at radius 1 is 1.38 bits per heavy atom. The third-order valence-corrected chi connectivity index (χ3v) is 3.69. The molecule has 1 aliphatic rings. The summed E-state index contributed by atoms with van der Waals surface area (Å²) in [5.41, 5.74) is 2.74. The number of benzene rings is 1. The molecule has 0 aliphatic carbocycles. The van der Waals surface area contributed by atoms with Gasteiger partial charge in [-0.05, 0) is 23.8 Å². The first-order chi connectivity index (χ1) is 9.71. The Hall–Kier alpha value is -2.41. The highest BCUT2D eigenvalue weighted by molar-refractivity contribution is 6.31. The first-order valence-electron chi connectivity index (χ1n) is 5.86. The van der Waals surface area contributed by atoms with E-state index in [1.807, 2.05) is 0 Å². The molecule has 0 fully saturated rings. The van der Waals surface area contributed by atoms with Crippen LogP contribution in [0.1, 0.15) is 22.3 Å². The van der Waals surface area contributed by atoms with Gasteiger partial charge in [0.2, 0.25) is 5.91 Å². The SMILES string of the molecule is CN1C(=O)c2ccc(Cl)cc2C(CC(N)=O)(C(=O)O)C1=O. The number of nitrogens with zero attached hydrogens (tertiary/aromatic N) is 1. The number of aliphatic carboxylic acids is 1. The molecule has 1 aromatic rings. The number of rotatable bonds is 3. The summed E-state index contributed by atoms with van der Waals surface area (Å²) in [5.74, 6) is -4.21. The van der Waals surface area contributed by atoms with Crippen molar-refractivity contribution in [3.63, 3.8) is 0 Å². The van der Waals surface area contributed by atoms with E-state index in [1.165, 1.54) is 18.2 Å². The van der Waals surface area contributed by atoms with Crippen molar-refractivity contribution < 1.29 is 24.3 Å². The molecule has 0 saturated heterocycles. The van der Waals surface area contributed by atoms with Gasteiger partial charge in [-0.25, -0.2) is 0 Å². The number of halogens is 1. The third kappa shape index (κ3) is 2.06. The maximum Gasteiger partial charge on any atom is 0.324 e. The predicted molar refractivity (Wildman–Crippen MR) is 71.7 cm³/mol. The summed E-state index contributed by atoms with van der Waals surface area (Å²) in [7, 11) is 1.15. The van der Waals surface area contributed by atoms with Crippen LogP contribution in [0.25, 0.3) is 0 Å². The maximum absolute atomic E-state index is 12.4. The lowest BCUT2D eigenvalue weighted by Gasteiger charge is -2.36. The molecule has 110 valence electrons. The number of hydrogen-bond donors (Lipinski definition) is 2. The topological polar surface area (TPSA) is 118 Å². The van der Waals surface area contributed by atoms with Crippen LogP contribution in [0.3, 0.4) is 0 Å². The number of imide groups is 1. The van der Waals surface area contributed by atoms with Crippen molar-refractivity contribution >= 4 is 35.3 Å². The molecular weight excluding hydrogens is 300 g/mol. The zero-order valence-electron chi connectivity index (χ0n) is 10.9. The Balaban J connectivity index is 2.85. The molecule has 0 bridgehead atoms. The molecule has 1 heterocycles. The summed E-state index contributed by atoms with van der Waals surface area (Å²) in [4.78, 5) is 48.2. The summed E-state index contributed by atoms with van der Waals surface area (Å²) in [6.45, 7) is 0. The second-order valence-electron chi connectivity index (χ2n) is 4.71. The summed E-state index contributed by atoms with van der Waals surface area (Å²) in [6.07, 6.45) is -0.758. The number of amides is 3. The number of hydrogen-bond acceptors (Lipinski definition) is 4. The Bertz CT molecular complexity index is 687. The summed E-state index contributed by atoms with van der Waals surface area (Å²) in [6, 6.07) is 3.93. The molecular formula is C13H11ClN2O5. The number of carbonyl (C=O) groups is 4. The standard InChI is InChI=1S/C13H11ClN2O5/c1-16-10(18)7-3-2-6(14)4-8(7)13(11(16)19,12(20)21)5-9(15)17/h2-4H,5H2,1H3,(H2,15,17)(H,20,21). The molecule has 0 spiro atoms. The minimum Gasteiger partial charge on any atom is -0.480 e. The molecule has 21 heavy (non-hydrogen) atoms. The van der Waals surface area contributed by atoms with Gasteiger partial charge in [0.25, 0.3) is 11.8 Å². The Labute approximate surface area is 124 Å². The second-order valence-corrected chi connectivity index (χ2v) is 5.15. The van der Waals surface area contributed by atoms with Crippen LogP contribution in [0.2, 0.25) is 5.02 Å². The largest absolute Gasteiger partial charge is 0.480 e. The van der Waals surface area contributed by atoms with Crippen LogP contribution < -0.4 is 5.73 Å². The van der Waals surface area contributed by atoms with E-state index < -0.39 is 35.5 Å². The molecule has 1 atom stereocenters. The van der Waals surface area contributed by atoms with E-state index in [0.717, 1.165) is 7.05 Å². The van der Waals surface area contributed by atoms with Gasteiger partial charge in [-0.2, -0.15) is 0 Å². The van der Waals surface area contributed by atoms with E-state index in [4.69, 9.17) is 17.3 Å². The van der Waals surface area contributed by atoms with E-state index in [1.54, 1.807) is 0 Å². The van der Waals surface area contributed by atoms with Crippen LogP contribution in [-0.2, 0) is 19.8 Å². The zero-order valence-corrected chi connectivity index (χ0v) is 11.7. The lowest BCUT2D eigenvalue weighted by Crippen LogP contribution is -2.58. The van der Waals surface area contributed by atoms with Gasteiger partial charge < -0.3 is 10.8 Å². The highest BCUT2D eigenvalue weighted by atomic mass is 35.5. The third-order valence-electron chi connectivity index (χ3n) is 3.45. The molecule has 1 aromatic carbocycles. The van der Waals surface area contributed by atoms with Gasteiger partial charge in [0.05, 0.1) is 6.42 Å². The number of nitrogens with two attached hydrogens (primary N) is 1. The zero-order chi connectivity index (χ0) is 15.9. The van der Waals surface area contributed by atoms with Gasteiger partial charge in [0, 0.05) is 17.6 Å². The lowest BCUT2D eigenvalue weighted by atomic mass is 9.71. The molecule has 1 unspecified atom stereocenters. The molecule has 8 heteroatoms. The molecule has 3 N–H and O–H groups in total. The first-order valence-corrected chi connectivity index (χ1v) is 6.24. The second kappa shape index (κ2) is 4.85. The fraction of sp³-hybridized carbons (Fsp3) is 0.231. The Morgan fingerprint density at radius 3 is 2.52 bits per heavy atom.